The molecule has 84 valence electrons. The van der Waals surface area contributed by atoms with Crippen molar-refractivity contribution in [2.75, 3.05) is 0 Å². The summed E-state index contributed by atoms with van der Waals surface area (Å²) in [7, 11) is 0. The van der Waals surface area contributed by atoms with Crippen LogP contribution >= 0.6 is 0 Å². The fraction of sp³-hybridized carbons (Fsp3) is 0.500. The standard InChI is InChI=1S/C14H16O2/c1-9-3-4-12-10(7-9)11(13(15)16)8-14(12)5-2-6-14/h3-4,7,11H,2,5-6,8H2,1H3,(H,15,16). The van der Waals surface area contributed by atoms with E-state index >= 15 is 0 Å². The summed E-state index contributed by atoms with van der Waals surface area (Å²) in [5.74, 6) is -0.925. The highest BCUT2D eigenvalue weighted by atomic mass is 16.4. The minimum atomic E-state index is -0.657. The van der Waals surface area contributed by atoms with Gasteiger partial charge < -0.3 is 5.11 Å². The van der Waals surface area contributed by atoms with Gasteiger partial charge in [0.25, 0.3) is 0 Å². The molecular weight excluding hydrogens is 200 g/mol. The largest absolute Gasteiger partial charge is 0.481 e. The zero-order valence-electron chi connectivity index (χ0n) is 9.49. The van der Waals surface area contributed by atoms with Crippen LogP contribution in [0, 0.1) is 6.92 Å². The van der Waals surface area contributed by atoms with Gasteiger partial charge in [0.1, 0.15) is 0 Å². The van der Waals surface area contributed by atoms with Crippen LogP contribution in [0.5, 0.6) is 0 Å². The van der Waals surface area contributed by atoms with Crippen LogP contribution in [0.1, 0.15) is 48.3 Å². The van der Waals surface area contributed by atoms with Gasteiger partial charge in [0.15, 0.2) is 0 Å². The minimum absolute atomic E-state index is 0.214. The molecule has 0 bridgehead atoms. The van der Waals surface area contributed by atoms with Crippen LogP contribution in [0.3, 0.4) is 0 Å². The lowest BCUT2D eigenvalue weighted by atomic mass is 9.65. The van der Waals surface area contributed by atoms with Crippen LogP contribution in [-0.2, 0) is 10.2 Å². The van der Waals surface area contributed by atoms with E-state index in [1.165, 1.54) is 30.4 Å². The zero-order chi connectivity index (χ0) is 11.3. The normalized spacial score (nSPS) is 25.2. The molecule has 0 radical (unpaired) electrons. The fourth-order valence-electron chi connectivity index (χ4n) is 3.36. The van der Waals surface area contributed by atoms with E-state index in [1.54, 1.807) is 0 Å². The maximum absolute atomic E-state index is 11.3. The third-order valence-corrected chi connectivity index (χ3v) is 4.36. The lowest BCUT2D eigenvalue weighted by Gasteiger charge is -2.39. The first kappa shape index (κ1) is 9.88. The molecule has 0 aromatic heterocycles. The van der Waals surface area contributed by atoms with Crippen LogP contribution in [-0.4, -0.2) is 11.1 Å². The van der Waals surface area contributed by atoms with Gasteiger partial charge in [0.05, 0.1) is 5.92 Å². The molecule has 0 heterocycles. The smallest absolute Gasteiger partial charge is 0.311 e. The number of rotatable bonds is 1. The second kappa shape index (κ2) is 3.09. The van der Waals surface area contributed by atoms with E-state index in [0.717, 1.165) is 12.0 Å². The van der Waals surface area contributed by atoms with E-state index in [2.05, 4.69) is 18.2 Å². The minimum Gasteiger partial charge on any atom is -0.481 e. The molecule has 0 aliphatic heterocycles. The van der Waals surface area contributed by atoms with E-state index in [1.807, 2.05) is 6.92 Å². The van der Waals surface area contributed by atoms with Crippen molar-refractivity contribution in [3.8, 4) is 0 Å². The maximum atomic E-state index is 11.3. The van der Waals surface area contributed by atoms with Gasteiger partial charge in [-0.2, -0.15) is 0 Å². The van der Waals surface area contributed by atoms with E-state index in [9.17, 15) is 9.90 Å². The molecule has 0 amide bonds. The number of benzene rings is 1. The molecule has 1 saturated carbocycles. The van der Waals surface area contributed by atoms with Crippen LogP contribution in [0.4, 0.5) is 0 Å². The van der Waals surface area contributed by atoms with E-state index in [0.29, 0.717) is 0 Å². The first-order valence-corrected chi connectivity index (χ1v) is 5.96. The van der Waals surface area contributed by atoms with Crippen molar-refractivity contribution in [2.45, 2.75) is 43.9 Å². The summed E-state index contributed by atoms with van der Waals surface area (Å²) < 4.78 is 0. The molecule has 1 aromatic rings. The second-order valence-corrected chi connectivity index (χ2v) is 5.32. The molecule has 3 rings (SSSR count). The van der Waals surface area contributed by atoms with Gasteiger partial charge in [-0.1, -0.05) is 30.2 Å². The average molecular weight is 216 g/mol. The highest BCUT2D eigenvalue weighted by Crippen LogP contribution is 2.56. The third kappa shape index (κ3) is 1.16. The van der Waals surface area contributed by atoms with Crippen molar-refractivity contribution in [2.24, 2.45) is 0 Å². The van der Waals surface area contributed by atoms with Crippen LogP contribution in [0.25, 0.3) is 0 Å². The maximum Gasteiger partial charge on any atom is 0.311 e. The van der Waals surface area contributed by atoms with Gasteiger partial charge >= 0.3 is 5.97 Å². The van der Waals surface area contributed by atoms with Crippen LogP contribution in [0.2, 0.25) is 0 Å². The Morgan fingerprint density at radius 2 is 2.19 bits per heavy atom. The molecule has 1 fully saturated rings. The molecule has 1 aromatic carbocycles. The molecule has 2 nitrogen and oxygen atoms in total. The summed E-state index contributed by atoms with van der Waals surface area (Å²) in [4.78, 5) is 11.3. The predicted molar refractivity (Wildman–Crippen MR) is 61.7 cm³/mol. The summed E-state index contributed by atoms with van der Waals surface area (Å²) in [6, 6.07) is 6.34. The highest BCUT2D eigenvalue weighted by Gasteiger charge is 2.49. The van der Waals surface area contributed by atoms with Crippen LogP contribution < -0.4 is 0 Å². The zero-order valence-corrected chi connectivity index (χ0v) is 9.49. The summed E-state index contributed by atoms with van der Waals surface area (Å²) in [5, 5.41) is 9.30. The van der Waals surface area contributed by atoms with Crippen molar-refractivity contribution >= 4 is 5.97 Å². The van der Waals surface area contributed by atoms with Gasteiger partial charge in [0.2, 0.25) is 0 Å². The Hall–Kier alpha value is -1.31. The first-order chi connectivity index (χ1) is 7.62. The number of carboxylic acids is 1. The first-order valence-electron chi connectivity index (χ1n) is 5.96. The Kier molecular flexibility index (Phi) is 1.91. The Labute approximate surface area is 95.3 Å². The van der Waals surface area contributed by atoms with Gasteiger partial charge in [-0.3, -0.25) is 4.79 Å². The molecule has 1 unspecified atom stereocenters. The molecule has 0 saturated heterocycles. The lowest BCUT2D eigenvalue weighted by molar-refractivity contribution is -0.139. The monoisotopic (exact) mass is 216 g/mol. The van der Waals surface area contributed by atoms with Crippen molar-refractivity contribution < 1.29 is 9.90 Å². The Morgan fingerprint density at radius 1 is 1.44 bits per heavy atom. The SMILES string of the molecule is Cc1ccc2c(c1)C(C(=O)O)CC21CCC1. The summed E-state index contributed by atoms with van der Waals surface area (Å²) >= 11 is 0. The molecule has 2 heteroatoms. The number of hydrogen-bond donors (Lipinski definition) is 1. The van der Waals surface area contributed by atoms with Gasteiger partial charge in [0, 0.05) is 0 Å². The topological polar surface area (TPSA) is 37.3 Å². The van der Waals surface area contributed by atoms with E-state index in [-0.39, 0.29) is 11.3 Å². The van der Waals surface area contributed by atoms with Crippen LogP contribution in [0.15, 0.2) is 18.2 Å². The number of hydrogen-bond acceptors (Lipinski definition) is 1. The molecule has 1 spiro atoms. The summed E-state index contributed by atoms with van der Waals surface area (Å²) in [6.07, 6.45) is 4.42. The highest BCUT2D eigenvalue weighted by molar-refractivity contribution is 5.79. The van der Waals surface area contributed by atoms with Crippen molar-refractivity contribution in [3.05, 3.63) is 34.9 Å². The van der Waals surface area contributed by atoms with E-state index in [4.69, 9.17) is 0 Å². The lowest BCUT2D eigenvalue weighted by Crippen LogP contribution is -2.32. The molecule has 2 aliphatic rings. The van der Waals surface area contributed by atoms with E-state index < -0.39 is 5.97 Å². The van der Waals surface area contributed by atoms with Gasteiger partial charge in [-0.15, -0.1) is 0 Å². The Bertz CT molecular complexity index is 458. The number of aryl methyl sites for hydroxylation is 1. The average Bonchev–Trinajstić information content (AvgIpc) is 2.51. The Balaban J connectivity index is 2.13. The molecule has 1 atom stereocenters. The molecule has 16 heavy (non-hydrogen) atoms. The number of carbonyl (C=O) groups is 1. The van der Waals surface area contributed by atoms with Gasteiger partial charge in [-0.05, 0) is 42.7 Å². The third-order valence-electron chi connectivity index (χ3n) is 4.36. The number of fused-ring (bicyclic) bond motifs is 2. The van der Waals surface area contributed by atoms with Crippen molar-refractivity contribution in [1.82, 2.24) is 0 Å². The Morgan fingerprint density at radius 3 is 2.75 bits per heavy atom. The molecular formula is C14H16O2. The number of carboxylic acid groups (broad SMARTS) is 1. The van der Waals surface area contributed by atoms with Gasteiger partial charge in [-0.25, -0.2) is 0 Å². The summed E-state index contributed by atoms with van der Waals surface area (Å²) in [6.45, 7) is 2.03. The second-order valence-electron chi connectivity index (χ2n) is 5.32. The molecule has 1 N–H and O–H groups in total. The summed E-state index contributed by atoms with van der Waals surface area (Å²) in [5.41, 5.74) is 3.77. The van der Waals surface area contributed by atoms with Crippen molar-refractivity contribution in [3.63, 3.8) is 0 Å². The fourth-order valence-corrected chi connectivity index (χ4v) is 3.36. The quantitative estimate of drug-likeness (QED) is 0.783. The van der Waals surface area contributed by atoms with Crippen molar-refractivity contribution in [1.29, 1.82) is 0 Å². The number of aliphatic carboxylic acids is 1. The molecule has 2 aliphatic carbocycles. The predicted octanol–water partition coefficient (Wildman–Crippen LogP) is 2.99.